The van der Waals surface area contributed by atoms with E-state index in [1.54, 1.807) is 12.1 Å². The molecule has 2 amide bonds. The SMILES string of the molecule is CCN(CC)c1ccc(NC(=O)c2cc(C(=O)N3CCC(C)CC3)ccn2)cc1. The van der Waals surface area contributed by atoms with Gasteiger partial charge in [-0.25, -0.2) is 0 Å². The predicted octanol–water partition coefficient (Wildman–Crippen LogP) is 4.05. The maximum atomic E-state index is 12.8. The number of pyridine rings is 1. The van der Waals surface area contributed by atoms with Crippen molar-refractivity contribution in [3.05, 3.63) is 53.9 Å². The molecule has 0 bridgehead atoms. The average Bonchev–Trinajstić information content (AvgIpc) is 2.76. The van der Waals surface area contributed by atoms with Crippen molar-refractivity contribution in [1.29, 1.82) is 0 Å². The highest BCUT2D eigenvalue weighted by Gasteiger charge is 2.22. The van der Waals surface area contributed by atoms with Crippen molar-refractivity contribution in [2.45, 2.75) is 33.6 Å². The van der Waals surface area contributed by atoms with Crippen molar-refractivity contribution in [3.63, 3.8) is 0 Å². The first kappa shape index (κ1) is 20.8. The Hall–Kier alpha value is -2.89. The largest absolute Gasteiger partial charge is 0.372 e. The topological polar surface area (TPSA) is 65.5 Å². The number of aromatic nitrogens is 1. The van der Waals surface area contributed by atoms with E-state index in [1.807, 2.05) is 29.2 Å². The molecule has 2 heterocycles. The van der Waals surface area contributed by atoms with Crippen LogP contribution in [0.15, 0.2) is 42.6 Å². The van der Waals surface area contributed by atoms with Crippen molar-refractivity contribution >= 4 is 23.2 Å². The number of likely N-dealkylation sites (tertiary alicyclic amines) is 1. The molecule has 0 atom stereocenters. The lowest BCUT2D eigenvalue weighted by molar-refractivity contribution is 0.0697. The summed E-state index contributed by atoms with van der Waals surface area (Å²) < 4.78 is 0. The van der Waals surface area contributed by atoms with Crippen molar-refractivity contribution in [2.24, 2.45) is 5.92 Å². The van der Waals surface area contributed by atoms with E-state index < -0.39 is 0 Å². The van der Waals surface area contributed by atoms with Gasteiger partial charge in [-0.1, -0.05) is 6.92 Å². The van der Waals surface area contributed by atoms with Gasteiger partial charge in [0.2, 0.25) is 0 Å². The third-order valence-electron chi connectivity index (χ3n) is 5.56. The summed E-state index contributed by atoms with van der Waals surface area (Å²) >= 11 is 0. The summed E-state index contributed by atoms with van der Waals surface area (Å²) in [5.41, 5.74) is 2.58. The minimum atomic E-state index is -0.317. The van der Waals surface area contributed by atoms with E-state index in [0.29, 0.717) is 17.2 Å². The first-order chi connectivity index (χ1) is 14.0. The highest BCUT2D eigenvalue weighted by atomic mass is 16.2. The molecule has 3 rings (SSSR count). The third kappa shape index (κ3) is 5.13. The molecule has 2 aromatic rings. The number of amides is 2. The Balaban J connectivity index is 1.67. The van der Waals surface area contributed by atoms with E-state index in [-0.39, 0.29) is 17.5 Å². The van der Waals surface area contributed by atoms with Gasteiger partial charge in [0.15, 0.2) is 0 Å². The lowest BCUT2D eigenvalue weighted by Crippen LogP contribution is -2.38. The normalized spacial score (nSPS) is 14.5. The van der Waals surface area contributed by atoms with E-state index in [1.165, 1.54) is 6.20 Å². The summed E-state index contributed by atoms with van der Waals surface area (Å²) in [5, 5.41) is 2.87. The second-order valence-corrected chi connectivity index (χ2v) is 7.58. The van der Waals surface area contributed by atoms with Crippen LogP contribution < -0.4 is 10.2 Å². The van der Waals surface area contributed by atoms with Gasteiger partial charge < -0.3 is 15.1 Å². The molecule has 1 aliphatic heterocycles. The van der Waals surface area contributed by atoms with Crippen LogP contribution in [0.5, 0.6) is 0 Å². The van der Waals surface area contributed by atoms with Crippen LogP contribution in [0.2, 0.25) is 0 Å². The number of benzene rings is 1. The number of piperidine rings is 1. The number of carbonyl (C=O) groups is 2. The third-order valence-corrected chi connectivity index (χ3v) is 5.56. The van der Waals surface area contributed by atoms with Crippen LogP contribution in [0.3, 0.4) is 0 Å². The maximum absolute atomic E-state index is 12.8. The summed E-state index contributed by atoms with van der Waals surface area (Å²) in [6, 6.07) is 11.0. The van der Waals surface area contributed by atoms with E-state index in [2.05, 4.69) is 36.0 Å². The smallest absolute Gasteiger partial charge is 0.274 e. The number of hydrogen-bond donors (Lipinski definition) is 1. The van der Waals surface area contributed by atoms with E-state index in [9.17, 15) is 9.59 Å². The quantitative estimate of drug-likeness (QED) is 0.803. The second-order valence-electron chi connectivity index (χ2n) is 7.58. The lowest BCUT2D eigenvalue weighted by atomic mass is 9.98. The standard InChI is InChI=1S/C23H30N4O2/c1-4-26(5-2)20-8-6-19(7-9-20)25-22(28)21-16-18(10-13-24-21)23(29)27-14-11-17(3)12-15-27/h6-10,13,16-17H,4-5,11-12,14-15H2,1-3H3,(H,25,28). The summed E-state index contributed by atoms with van der Waals surface area (Å²) in [5.74, 6) is 0.311. The number of carbonyl (C=O) groups excluding carboxylic acids is 2. The first-order valence-corrected chi connectivity index (χ1v) is 10.4. The molecule has 1 aromatic carbocycles. The van der Waals surface area contributed by atoms with Crippen LogP contribution >= 0.6 is 0 Å². The van der Waals surface area contributed by atoms with Crippen molar-refractivity contribution in [2.75, 3.05) is 36.4 Å². The highest BCUT2D eigenvalue weighted by molar-refractivity contribution is 6.04. The van der Waals surface area contributed by atoms with Gasteiger partial charge in [0.25, 0.3) is 11.8 Å². The van der Waals surface area contributed by atoms with Crippen LogP contribution in [-0.4, -0.2) is 47.9 Å². The molecular formula is C23H30N4O2. The highest BCUT2D eigenvalue weighted by Crippen LogP contribution is 2.20. The molecule has 1 aromatic heterocycles. The summed E-state index contributed by atoms with van der Waals surface area (Å²) in [4.78, 5) is 33.7. The Morgan fingerprint density at radius 2 is 1.76 bits per heavy atom. The molecule has 1 fully saturated rings. The second kappa shape index (κ2) is 9.54. The van der Waals surface area contributed by atoms with Gasteiger partial charge in [-0.05, 0) is 69.0 Å². The summed E-state index contributed by atoms with van der Waals surface area (Å²) in [7, 11) is 0. The Morgan fingerprint density at radius 1 is 1.10 bits per heavy atom. The maximum Gasteiger partial charge on any atom is 0.274 e. The van der Waals surface area contributed by atoms with Crippen molar-refractivity contribution in [3.8, 4) is 0 Å². The van der Waals surface area contributed by atoms with E-state index in [0.717, 1.165) is 44.7 Å². The molecule has 29 heavy (non-hydrogen) atoms. The number of nitrogens with one attached hydrogen (secondary N) is 1. The zero-order valence-electron chi connectivity index (χ0n) is 17.5. The summed E-state index contributed by atoms with van der Waals surface area (Å²) in [6.07, 6.45) is 3.57. The molecule has 0 radical (unpaired) electrons. The van der Waals surface area contributed by atoms with Gasteiger partial charge in [-0.3, -0.25) is 14.6 Å². The van der Waals surface area contributed by atoms with Crippen LogP contribution in [-0.2, 0) is 0 Å². The van der Waals surface area contributed by atoms with Crippen LogP contribution in [0.1, 0.15) is 54.5 Å². The predicted molar refractivity (Wildman–Crippen MR) is 116 cm³/mol. The zero-order chi connectivity index (χ0) is 20.8. The minimum absolute atomic E-state index is 0.0306. The molecule has 0 spiro atoms. The van der Waals surface area contributed by atoms with E-state index >= 15 is 0 Å². The van der Waals surface area contributed by atoms with Crippen molar-refractivity contribution < 1.29 is 9.59 Å². The summed E-state index contributed by atoms with van der Waals surface area (Å²) in [6.45, 7) is 9.84. The fourth-order valence-corrected chi connectivity index (χ4v) is 3.62. The zero-order valence-corrected chi connectivity index (χ0v) is 17.5. The Labute approximate surface area is 172 Å². The first-order valence-electron chi connectivity index (χ1n) is 10.4. The molecule has 1 saturated heterocycles. The van der Waals surface area contributed by atoms with Crippen molar-refractivity contribution in [1.82, 2.24) is 9.88 Å². The van der Waals surface area contributed by atoms with Gasteiger partial charge in [-0.15, -0.1) is 0 Å². The minimum Gasteiger partial charge on any atom is -0.372 e. The monoisotopic (exact) mass is 394 g/mol. The van der Waals surface area contributed by atoms with Gasteiger partial charge in [0.1, 0.15) is 5.69 Å². The van der Waals surface area contributed by atoms with Crippen LogP contribution in [0.25, 0.3) is 0 Å². The molecule has 6 heteroatoms. The molecule has 154 valence electrons. The molecule has 0 saturated carbocycles. The Kier molecular flexibility index (Phi) is 6.86. The van der Waals surface area contributed by atoms with E-state index in [4.69, 9.17) is 0 Å². The fourth-order valence-electron chi connectivity index (χ4n) is 3.62. The molecule has 0 unspecified atom stereocenters. The molecule has 1 N–H and O–H groups in total. The number of anilines is 2. The van der Waals surface area contributed by atoms with Gasteiger partial charge in [-0.2, -0.15) is 0 Å². The number of nitrogens with zero attached hydrogens (tertiary/aromatic N) is 3. The molecule has 0 aliphatic carbocycles. The molecule has 1 aliphatic rings. The van der Waals surface area contributed by atoms with Gasteiger partial charge in [0.05, 0.1) is 0 Å². The van der Waals surface area contributed by atoms with Gasteiger partial charge >= 0.3 is 0 Å². The van der Waals surface area contributed by atoms with Gasteiger partial charge in [0, 0.05) is 49.3 Å². The molecule has 6 nitrogen and oxygen atoms in total. The average molecular weight is 395 g/mol. The Bertz CT molecular complexity index is 838. The fraction of sp³-hybridized carbons (Fsp3) is 0.435. The number of hydrogen-bond acceptors (Lipinski definition) is 4. The molecular weight excluding hydrogens is 364 g/mol. The van der Waals surface area contributed by atoms with Crippen LogP contribution in [0.4, 0.5) is 11.4 Å². The lowest BCUT2D eigenvalue weighted by Gasteiger charge is -2.30. The number of rotatable bonds is 6. The van der Waals surface area contributed by atoms with Crippen LogP contribution in [0, 0.1) is 5.92 Å². The Morgan fingerprint density at radius 3 is 2.38 bits per heavy atom.